The van der Waals surface area contributed by atoms with E-state index in [9.17, 15) is 0 Å². The molecule has 1 aliphatic carbocycles. The lowest BCUT2D eigenvalue weighted by molar-refractivity contribution is 0.936. The molecule has 2 aromatic rings. The molecular weight excluding hydrogens is 196 g/mol. The fraction of sp³-hybridized carbons (Fsp3) is 0.214. The van der Waals surface area contributed by atoms with Gasteiger partial charge in [-0.2, -0.15) is 0 Å². The van der Waals surface area contributed by atoms with E-state index in [4.69, 9.17) is 0 Å². The first-order chi connectivity index (χ1) is 7.86. The third-order valence-electron chi connectivity index (χ3n) is 2.99. The van der Waals surface area contributed by atoms with Crippen LogP contribution in [0.25, 0.3) is 11.8 Å². The fourth-order valence-corrected chi connectivity index (χ4v) is 2.28. The van der Waals surface area contributed by atoms with E-state index in [-0.39, 0.29) is 0 Å². The number of hydrogen-bond acceptors (Lipinski definition) is 1. The molecule has 0 saturated carbocycles. The first-order valence-corrected chi connectivity index (χ1v) is 5.66. The van der Waals surface area contributed by atoms with Crippen LogP contribution in [0.4, 0.5) is 0 Å². The van der Waals surface area contributed by atoms with Crippen LogP contribution < -0.4 is 0 Å². The zero-order valence-corrected chi connectivity index (χ0v) is 9.35. The zero-order chi connectivity index (χ0) is 11.0. The second-order valence-corrected chi connectivity index (χ2v) is 4.10. The second-order valence-electron chi connectivity index (χ2n) is 4.10. The van der Waals surface area contributed by atoms with E-state index >= 15 is 0 Å². The molecule has 0 radical (unpaired) electrons. The highest BCUT2D eigenvalue weighted by Crippen LogP contribution is 2.23. The largest absolute Gasteiger partial charge is 0.297 e. The average Bonchev–Trinajstić information content (AvgIpc) is 2.66. The summed E-state index contributed by atoms with van der Waals surface area (Å²) in [7, 11) is 0. The minimum Gasteiger partial charge on any atom is -0.297 e. The Morgan fingerprint density at radius 3 is 2.81 bits per heavy atom. The molecule has 0 spiro atoms. The van der Waals surface area contributed by atoms with Gasteiger partial charge in [-0.05, 0) is 38.0 Å². The van der Waals surface area contributed by atoms with Gasteiger partial charge in [0.2, 0.25) is 0 Å². The van der Waals surface area contributed by atoms with Gasteiger partial charge in [-0.3, -0.25) is 4.57 Å². The summed E-state index contributed by atoms with van der Waals surface area (Å²) >= 11 is 0. The van der Waals surface area contributed by atoms with Gasteiger partial charge in [0.25, 0.3) is 0 Å². The van der Waals surface area contributed by atoms with Crippen LogP contribution in [-0.2, 0) is 6.42 Å². The number of para-hydroxylation sites is 1. The van der Waals surface area contributed by atoms with Crippen LogP contribution in [0.1, 0.15) is 23.6 Å². The van der Waals surface area contributed by atoms with Gasteiger partial charge in [0.05, 0.1) is 11.4 Å². The van der Waals surface area contributed by atoms with Gasteiger partial charge in [-0.25, -0.2) is 4.98 Å². The summed E-state index contributed by atoms with van der Waals surface area (Å²) in [6.45, 7) is 2.07. The van der Waals surface area contributed by atoms with Crippen molar-refractivity contribution in [2.75, 3.05) is 0 Å². The normalized spacial score (nSPS) is 13.8. The van der Waals surface area contributed by atoms with Crippen molar-refractivity contribution in [3.63, 3.8) is 0 Å². The Bertz CT molecular complexity index is 535. The maximum atomic E-state index is 4.64. The molecule has 16 heavy (non-hydrogen) atoms. The molecule has 2 nitrogen and oxygen atoms in total. The highest BCUT2D eigenvalue weighted by atomic mass is 15.1. The predicted octanol–water partition coefficient (Wildman–Crippen LogP) is 3.14. The van der Waals surface area contributed by atoms with E-state index < -0.39 is 0 Å². The van der Waals surface area contributed by atoms with Crippen molar-refractivity contribution in [1.29, 1.82) is 0 Å². The van der Waals surface area contributed by atoms with Crippen molar-refractivity contribution in [3.8, 4) is 5.69 Å². The van der Waals surface area contributed by atoms with Gasteiger partial charge in [-0.15, -0.1) is 0 Å². The molecule has 0 amide bonds. The number of aromatic nitrogens is 2. The first-order valence-electron chi connectivity index (χ1n) is 5.66. The topological polar surface area (TPSA) is 17.8 Å². The van der Waals surface area contributed by atoms with Gasteiger partial charge in [0.1, 0.15) is 5.82 Å². The lowest BCUT2D eigenvalue weighted by atomic mass is 10.1. The average molecular weight is 210 g/mol. The third-order valence-corrected chi connectivity index (χ3v) is 2.99. The summed E-state index contributed by atoms with van der Waals surface area (Å²) in [6, 6.07) is 10.4. The lowest BCUT2D eigenvalue weighted by Gasteiger charge is -2.10. The van der Waals surface area contributed by atoms with E-state index in [0.717, 1.165) is 18.7 Å². The lowest BCUT2D eigenvalue weighted by Crippen LogP contribution is -2.01. The van der Waals surface area contributed by atoms with Crippen LogP contribution in [0.5, 0.6) is 0 Å². The Kier molecular flexibility index (Phi) is 2.13. The van der Waals surface area contributed by atoms with Crippen LogP contribution in [0.3, 0.4) is 0 Å². The summed E-state index contributed by atoms with van der Waals surface area (Å²) in [5.74, 6) is 1.07. The Morgan fingerprint density at radius 1 is 1.19 bits per heavy atom. The Balaban J connectivity index is 2.22. The maximum absolute atomic E-state index is 4.64. The van der Waals surface area contributed by atoms with E-state index in [1.54, 1.807) is 0 Å². The predicted molar refractivity (Wildman–Crippen MR) is 65.7 cm³/mol. The third kappa shape index (κ3) is 1.38. The molecule has 1 aromatic carbocycles. The van der Waals surface area contributed by atoms with E-state index in [1.807, 2.05) is 6.07 Å². The molecule has 1 heterocycles. The molecule has 0 N–H and O–H groups in total. The highest BCUT2D eigenvalue weighted by Gasteiger charge is 2.15. The smallest absolute Gasteiger partial charge is 0.110 e. The van der Waals surface area contributed by atoms with E-state index in [1.165, 1.54) is 17.1 Å². The molecule has 2 heteroatoms. The van der Waals surface area contributed by atoms with Crippen LogP contribution >= 0.6 is 0 Å². The number of aryl methyl sites for hydroxylation is 2. The van der Waals surface area contributed by atoms with Crippen molar-refractivity contribution in [2.45, 2.75) is 19.8 Å². The van der Waals surface area contributed by atoms with E-state index in [2.05, 4.69) is 52.9 Å². The summed E-state index contributed by atoms with van der Waals surface area (Å²) in [4.78, 5) is 4.64. The zero-order valence-electron chi connectivity index (χ0n) is 9.35. The molecule has 0 bridgehead atoms. The van der Waals surface area contributed by atoms with Crippen LogP contribution in [0.15, 0.2) is 36.4 Å². The second kappa shape index (κ2) is 3.63. The summed E-state index contributed by atoms with van der Waals surface area (Å²) in [6.07, 6.45) is 6.58. The van der Waals surface area contributed by atoms with Crippen molar-refractivity contribution in [1.82, 2.24) is 9.55 Å². The molecule has 1 aromatic heterocycles. The Morgan fingerprint density at radius 2 is 2.00 bits per heavy atom. The minimum atomic E-state index is 1.06. The Hall–Kier alpha value is -1.83. The molecule has 3 rings (SSSR count). The van der Waals surface area contributed by atoms with Gasteiger partial charge in [-0.1, -0.05) is 24.3 Å². The standard InChI is InChI=1S/C14H14N2/c1-11-15-13-9-5-6-10-14(13)16(11)12-7-3-2-4-8-12/h2-4,6-8,10H,5,9H2,1H3. The number of fused-ring (bicyclic) bond motifs is 1. The summed E-state index contributed by atoms with van der Waals surface area (Å²) in [5.41, 5.74) is 3.67. The molecule has 0 aliphatic heterocycles. The van der Waals surface area contributed by atoms with Crippen LogP contribution in [0.2, 0.25) is 0 Å². The maximum Gasteiger partial charge on any atom is 0.110 e. The summed E-state index contributed by atoms with van der Waals surface area (Å²) in [5, 5.41) is 0. The number of allylic oxidation sites excluding steroid dienone is 1. The molecule has 80 valence electrons. The van der Waals surface area contributed by atoms with Crippen molar-refractivity contribution >= 4 is 6.08 Å². The minimum absolute atomic E-state index is 1.06. The molecular formula is C14H14N2. The fourth-order valence-electron chi connectivity index (χ4n) is 2.28. The Labute approximate surface area is 95.3 Å². The molecule has 0 saturated heterocycles. The highest BCUT2D eigenvalue weighted by molar-refractivity contribution is 5.55. The van der Waals surface area contributed by atoms with Gasteiger partial charge >= 0.3 is 0 Å². The number of nitrogens with zero attached hydrogens (tertiary/aromatic N) is 2. The number of hydrogen-bond donors (Lipinski definition) is 0. The molecule has 1 aliphatic rings. The van der Waals surface area contributed by atoms with Crippen molar-refractivity contribution < 1.29 is 0 Å². The number of imidazole rings is 1. The number of benzene rings is 1. The van der Waals surface area contributed by atoms with Crippen molar-refractivity contribution in [3.05, 3.63) is 53.6 Å². The quantitative estimate of drug-likeness (QED) is 0.707. The van der Waals surface area contributed by atoms with Gasteiger partial charge in [0.15, 0.2) is 0 Å². The van der Waals surface area contributed by atoms with E-state index in [0.29, 0.717) is 0 Å². The summed E-state index contributed by atoms with van der Waals surface area (Å²) < 4.78 is 2.23. The molecule has 0 fully saturated rings. The van der Waals surface area contributed by atoms with Crippen molar-refractivity contribution in [2.24, 2.45) is 0 Å². The first kappa shape index (κ1) is 9.40. The van der Waals surface area contributed by atoms with Crippen LogP contribution in [-0.4, -0.2) is 9.55 Å². The monoisotopic (exact) mass is 210 g/mol. The molecule has 0 atom stereocenters. The SMILES string of the molecule is Cc1nc2c(n1-c1ccccc1)C=CCC2. The van der Waals surface area contributed by atoms with Crippen LogP contribution in [0, 0.1) is 6.92 Å². The number of rotatable bonds is 1. The van der Waals surface area contributed by atoms with Gasteiger partial charge < -0.3 is 0 Å². The molecule has 0 unspecified atom stereocenters. The van der Waals surface area contributed by atoms with Gasteiger partial charge in [0, 0.05) is 5.69 Å².